The summed E-state index contributed by atoms with van der Waals surface area (Å²) in [5.41, 5.74) is 1.37. The van der Waals surface area contributed by atoms with Gasteiger partial charge in [0.25, 0.3) is 0 Å². The van der Waals surface area contributed by atoms with E-state index in [0.717, 1.165) is 15.6 Å². The molecule has 0 spiro atoms. The number of nitrogens with one attached hydrogen (secondary N) is 2. The molecule has 2 N–H and O–H groups in total. The topological polar surface area (TPSA) is 84.0 Å². The zero-order valence-corrected chi connectivity index (χ0v) is 14.0. The van der Waals surface area contributed by atoms with E-state index in [-0.39, 0.29) is 10.9 Å². The molecule has 8 heteroatoms. The quantitative estimate of drug-likeness (QED) is 0.880. The Bertz CT molecular complexity index is 740. The van der Waals surface area contributed by atoms with Crippen molar-refractivity contribution in [3.8, 4) is 0 Å². The molecular weight excluding hydrogens is 308 g/mol. The molecule has 0 aliphatic heterocycles. The third-order valence-electron chi connectivity index (χ3n) is 3.01. The summed E-state index contributed by atoms with van der Waals surface area (Å²) in [6, 6.07) is 1.28. The maximum atomic E-state index is 12.5. The fraction of sp³-hybridized carbons (Fsp3) is 0.385. The summed E-state index contributed by atoms with van der Waals surface area (Å²) in [5.74, 6) is 0. The van der Waals surface area contributed by atoms with Crippen LogP contribution in [0.25, 0.3) is 0 Å². The van der Waals surface area contributed by atoms with Gasteiger partial charge in [0.1, 0.15) is 4.90 Å². The first-order valence-electron chi connectivity index (χ1n) is 6.43. The van der Waals surface area contributed by atoms with Crippen molar-refractivity contribution in [3.05, 3.63) is 34.0 Å². The Balaban J connectivity index is 2.31. The van der Waals surface area contributed by atoms with Crippen LogP contribution in [0.2, 0.25) is 0 Å². The molecule has 0 aromatic carbocycles. The van der Waals surface area contributed by atoms with Gasteiger partial charge in [-0.1, -0.05) is 0 Å². The molecule has 0 aliphatic carbocycles. The number of anilines is 1. The molecule has 0 aliphatic rings. The number of aromatic nitrogens is 2. The van der Waals surface area contributed by atoms with E-state index in [1.165, 1.54) is 17.5 Å². The fourth-order valence-electron chi connectivity index (χ4n) is 2.10. The van der Waals surface area contributed by atoms with E-state index < -0.39 is 10.0 Å². The normalized spacial score (nSPS) is 13.1. The van der Waals surface area contributed by atoms with Crippen molar-refractivity contribution in [3.63, 3.8) is 0 Å². The van der Waals surface area contributed by atoms with Crippen molar-refractivity contribution in [1.82, 2.24) is 14.7 Å². The van der Waals surface area contributed by atoms with E-state index in [1.807, 2.05) is 20.8 Å². The molecule has 0 fully saturated rings. The number of thiazole rings is 1. The molecule has 0 saturated carbocycles. The maximum absolute atomic E-state index is 12.5. The molecule has 2 aromatic heterocycles. The van der Waals surface area contributed by atoms with Crippen LogP contribution in [0.4, 0.5) is 5.69 Å². The van der Waals surface area contributed by atoms with E-state index in [2.05, 4.69) is 20.0 Å². The first-order chi connectivity index (χ1) is 9.85. The molecule has 0 bridgehead atoms. The summed E-state index contributed by atoms with van der Waals surface area (Å²) in [4.78, 5) is 9.28. The van der Waals surface area contributed by atoms with Gasteiger partial charge in [-0.05, 0) is 26.8 Å². The highest BCUT2D eigenvalue weighted by molar-refractivity contribution is 7.89. The highest BCUT2D eigenvalue weighted by Crippen LogP contribution is 2.27. The van der Waals surface area contributed by atoms with Crippen LogP contribution in [-0.2, 0) is 10.0 Å². The van der Waals surface area contributed by atoms with Crippen molar-refractivity contribution in [2.45, 2.75) is 31.7 Å². The number of aryl methyl sites for hydroxylation is 2. The Kier molecular flexibility index (Phi) is 4.60. The Morgan fingerprint density at radius 3 is 2.62 bits per heavy atom. The van der Waals surface area contributed by atoms with Crippen LogP contribution >= 0.6 is 11.3 Å². The molecule has 0 radical (unpaired) electrons. The highest BCUT2D eigenvalue weighted by Gasteiger charge is 2.23. The van der Waals surface area contributed by atoms with E-state index in [0.29, 0.717) is 5.69 Å². The van der Waals surface area contributed by atoms with E-state index in [1.54, 1.807) is 19.3 Å². The lowest BCUT2D eigenvalue weighted by atomic mass is 10.2. The van der Waals surface area contributed by atoms with Crippen LogP contribution in [-0.4, -0.2) is 25.4 Å². The van der Waals surface area contributed by atoms with Crippen LogP contribution < -0.4 is 10.0 Å². The molecule has 1 atom stereocenters. The van der Waals surface area contributed by atoms with Gasteiger partial charge < -0.3 is 5.32 Å². The average Bonchev–Trinajstić information content (AvgIpc) is 2.77. The van der Waals surface area contributed by atoms with Crippen molar-refractivity contribution in [2.24, 2.45) is 0 Å². The Labute approximate surface area is 128 Å². The largest absolute Gasteiger partial charge is 0.387 e. The molecule has 6 nitrogen and oxygen atoms in total. The second kappa shape index (κ2) is 6.08. The lowest BCUT2D eigenvalue weighted by molar-refractivity contribution is 0.568. The Morgan fingerprint density at radius 1 is 1.33 bits per heavy atom. The second-order valence-corrected chi connectivity index (χ2v) is 7.56. The monoisotopic (exact) mass is 326 g/mol. The zero-order chi connectivity index (χ0) is 15.6. The second-order valence-electron chi connectivity index (χ2n) is 4.65. The summed E-state index contributed by atoms with van der Waals surface area (Å²) in [6.45, 7) is 5.60. The number of sulfonamides is 1. The van der Waals surface area contributed by atoms with Gasteiger partial charge in [-0.25, -0.2) is 18.1 Å². The Hall–Kier alpha value is -1.51. The third-order valence-corrected chi connectivity index (χ3v) is 5.83. The zero-order valence-electron chi connectivity index (χ0n) is 12.3. The summed E-state index contributed by atoms with van der Waals surface area (Å²) >= 11 is 1.50. The average molecular weight is 326 g/mol. The number of nitrogens with zero attached hydrogens (tertiary/aromatic N) is 2. The summed E-state index contributed by atoms with van der Waals surface area (Å²) in [5, 5.41) is 3.78. The minimum absolute atomic E-state index is 0.137. The molecule has 114 valence electrons. The van der Waals surface area contributed by atoms with Crippen LogP contribution in [0.15, 0.2) is 23.4 Å². The highest BCUT2D eigenvalue weighted by atomic mass is 32.2. The smallest absolute Gasteiger partial charge is 0.244 e. The van der Waals surface area contributed by atoms with Gasteiger partial charge in [-0.3, -0.25) is 4.98 Å². The molecule has 0 amide bonds. The van der Waals surface area contributed by atoms with Crippen LogP contribution in [0.5, 0.6) is 0 Å². The first-order valence-corrected chi connectivity index (χ1v) is 8.73. The predicted octanol–water partition coefficient (Wildman–Crippen LogP) is 2.24. The standard InChI is InChI=1S/C13H18N4O2S2/c1-8-13(20-10(3)16-8)9(2)17-21(18,19)12-7-15-6-5-11(12)14-4/h5-7,9,17H,1-4H3,(H,14,15). The van der Waals surface area contributed by atoms with Gasteiger partial charge in [-0.15, -0.1) is 11.3 Å². The van der Waals surface area contributed by atoms with Gasteiger partial charge >= 0.3 is 0 Å². The van der Waals surface area contributed by atoms with Crippen molar-refractivity contribution in [2.75, 3.05) is 12.4 Å². The number of pyridine rings is 1. The van der Waals surface area contributed by atoms with E-state index >= 15 is 0 Å². The molecule has 1 unspecified atom stereocenters. The fourth-order valence-corrected chi connectivity index (χ4v) is 4.47. The number of rotatable bonds is 5. The maximum Gasteiger partial charge on any atom is 0.244 e. The summed E-state index contributed by atoms with van der Waals surface area (Å²) in [6.07, 6.45) is 2.89. The molecule has 21 heavy (non-hydrogen) atoms. The Morgan fingerprint density at radius 2 is 2.05 bits per heavy atom. The van der Waals surface area contributed by atoms with E-state index in [4.69, 9.17) is 0 Å². The molecular formula is C13H18N4O2S2. The lowest BCUT2D eigenvalue weighted by Gasteiger charge is -2.15. The van der Waals surface area contributed by atoms with E-state index in [9.17, 15) is 8.42 Å². The van der Waals surface area contributed by atoms with Gasteiger partial charge in [-0.2, -0.15) is 0 Å². The molecule has 2 aromatic rings. The van der Waals surface area contributed by atoms with Gasteiger partial charge in [0, 0.05) is 24.3 Å². The minimum atomic E-state index is -3.65. The van der Waals surface area contributed by atoms with Gasteiger partial charge in [0.15, 0.2) is 0 Å². The van der Waals surface area contributed by atoms with Crippen molar-refractivity contribution in [1.29, 1.82) is 0 Å². The minimum Gasteiger partial charge on any atom is -0.387 e. The van der Waals surface area contributed by atoms with Crippen LogP contribution in [0, 0.1) is 13.8 Å². The lowest BCUT2D eigenvalue weighted by Crippen LogP contribution is -2.27. The third kappa shape index (κ3) is 3.39. The van der Waals surface area contributed by atoms with Crippen molar-refractivity contribution >= 4 is 27.0 Å². The van der Waals surface area contributed by atoms with Crippen LogP contribution in [0.3, 0.4) is 0 Å². The summed E-state index contributed by atoms with van der Waals surface area (Å²) in [7, 11) is -1.98. The van der Waals surface area contributed by atoms with Gasteiger partial charge in [0.2, 0.25) is 10.0 Å². The predicted molar refractivity (Wildman–Crippen MR) is 84.1 cm³/mol. The van der Waals surface area contributed by atoms with Crippen molar-refractivity contribution < 1.29 is 8.42 Å². The first kappa shape index (κ1) is 15.9. The number of hydrogen-bond acceptors (Lipinski definition) is 6. The SMILES string of the molecule is CNc1ccncc1S(=O)(=O)NC(C)c1sc(C)nc1C. The van der Waals surface area contributed by atoms with Crippen LogP contribution in [0.1, 0.15) is 28.5 Å². The number of hydrogen-bond donors (Lipinski definition) is 2. The molecule has 0 saturated heterocycles. The molecule has 2 heterocycles. The van der Waals surface area contributed by atoms with Gasteiger partial charge in [0.05, 0.1) is 22.4 Å². The molecule has 2 rings (SSSR count). The summed E-state index contributed by atoms with van der Waals surface area (Å²) < 4.78 is 27.7.